The quantitative estimate of drug-likeness (QED) is 0.391. The van der Waals surface area contributed by atoms with Crippen molar-refractivity contribution in [3.8, 4) is 5.75 Å². The molecule has 0 saturated carbocycles. The highest BCUT2D eigenvalue weighted by Gasteiger charge is 2.57. The molecule has 2 aromatic rings. The number of rotatable bonds is 8. The zero-order valence-electron chi connectivity index (χ0n) is 21.7. The number of piperidine rings is 1. The van der Waals surface area contributed by atoms with E-state index in [1.807, 2.05) is 42.2 Å². The number of hydrogen-bond acceptors (Lipinski definition) is 8. The van der Waals surface area contributed by atoms with Gasteiger partial charge in [0.1, 0.15) is 12.1 Å². The number of anilines is 1. The summed E-state index contributed by atoms with van der Waals surface area (Å²) in [6, 6.07) is 9.03. The van der Waals surface area contributed by atoms with Gasteiger partial charge in [-0.2, -0.15) is 0 Å². The molecule has 1 aromatic heterocycles. The molecule has 2 saturated heterocycles. The predicted molar refractivity (Wildman–Crippen MR) is 136 cm³/mol. The summed E-state index contributed by atoms with van der Waals surface area (Å²) in [4.78, 5) is 61.4. The number of benzene rings is 1. The van der Waals surface area contributed by atoms with E-state index in [9.17, 15) is 19.2 Å². The van der Waals surface area contributed by atoms with Crippen LogP contribution in [0.1, 0.15) is 49.7 Å². The Bertz CT molecular complexity index is 1240. The molecule has 0 atom stereocenters. The first-order chi connectivity index (χ1) is 17.8. The van der Waals surface area contributed by atoms with E-state index < -0.39 is 17.1 Å². The van der Waals surface area contributed by atoms with Crippen LogP contribution in [-0.2, 0) is 23.2 Å². The standard InChI is InChI=1S/C26H33N5O6/c1-5-30-23(34)26(31(6-2)25(30)35)13-15-29(16-14-26)24-27-19(22(33)36-7-3)20(21(32)28(24)4)37-17-18-11-9-8-10-12-18/h8-12H,5-7,13-17H2,1-4H3. The van der Waals surface area contributed by atoms with Crippen molar-refractivity contribution in [2.45, 2.75) is 45.8 Å². The molecule has 4 rings (SSSR count). The van der Waals surface area contributed by atoms with Crippen molar-refractivity contribution in [3.63, 3.8) is 0 Å². The second-order valence-electron chi connectivity index (χ2n) is 9.04. The summed E-state index contributed by atoms with van der Waals surface area (Å²) in [5.74, 6) is -0.818. The molecular formula is C26H33N5O6. The van der Waals surface area contributed by atoms with Crippen molar-refractivity contribution >= 4 is 23.9 Å². The average molecular weight is 512 g/mol. The van der Waals surface area contributed by atoms with Crippen LogP contribution in [0.3, 0.4) is 0 Å². The van der Waals surface area contributed by atoms with Gasteiger partial charge in [0.15, 0.2) is 5.69 Å². The minimum absolute atomic E-state index is 0.0899. The maximum Gasteiger partial charge on any atom is 0.361 e. The first kappa shape index (κ1) is 26.2. The van der Waals surface area contributed by atoms with Crippen molar-refractivity contribution in [2.24, 2.45) is 7.05 Å². The lowest BCUT2D eigenvalue weighted by atomic mass is 9.86. The summed E-state index contributed by atoms with van der Waals surface area (Å²) in [6.45, 7) is 7.03. The molecule has 0 N–H and O–H groups in total. The topological polar surface area (TPSA) is 114 Å². The SMILES string of the molecule is CCOC(=O)c1nc(N2CCC3(CC2)C(=O)N(CC)C(=O)N3CC)n(C)c(=O)c1OCc1ccccc1. The van der Waals surface area contributed by atoms with Gasteiger partial charge in [0.2, 0.25) is 11.7 Å². The van der Waals surface area contributed by atoms with E-state index >= 15 is 0 Å². The molecule has 37 heavy (non-hydrogen) atoms. The number of nitrogens with zero attached hydrogens (tertiary/aromatic N) is 5. The highest BCUT2D eigenvalue weighted by Crippen LogP contribution is 2.38. The first-order valence-electron chi connectivity index (χ1n) is 12.6. The molecular weight excluding hydrogens is 478 g/mol. The van der Waals surface area contributed by atoms with Crippen molar-refractivity contribution in [3.05, 3.63) is 51.9 Å². The summed E-state index contributed by atoms with van der Waals surface area (Å²) in [5.41, 5.74) is -0.763. The fourth-order valence-electron chi connectivity index (χ4n) is 5.11. The molecule has 2 fully saturated rings. The predicted octanol–water partition coefficient (Wildman–Crippen LogP) is 2.18. The third-order valence-electron chi connectivity index (χ3n) is 7.05. The summed E-state index contributed by atoms with van der Waals surface area (Å²) < 4.78 is 12.3. The molecule has 1 spiro atoms. The molecule has 11 nitrogen and oxygen atoms in total. The van der Waals surface area contributed by atoms with Crippen molar-refractivity contribution in [1.29, 1.82) is 0 Å². The number of amides is 3. The Morgan fingerprint density at radius 3 is 2.30 bits per heavy atom. The Labute approximate surface area is 215 Å². The second kappa shape index (κ2) is 10.6. The monoisotopic (exact) mass is 511 g/mol. The molecule has 1 aromatic carbocycles. The summed E-state index contributed by atoms with van der Waals surface area (Å²) in [6.07, 6.45) is 0.775. The van der Waals surface area contributed by atoms with Crippen LogP contribution in [0.5, 0.6) is 5.75 Å². The number of ether oxygens (including phenoxy) is 2. The molecule has 0 unspecified atom stereocenters. The third-order valence-corrected chi connectivity index (χ3v) is 7.05. The number of esters is 1. The van der Waals surface area contributed by atoms with Gasteiger partial charge in [-0.15, -0.1) is 0 Å². The number of carbonyl (C=O) groups excluding carboxylic acids is 3. The molecule has 11 heteroatoms. The van der Waals surface area contributed by atoms with Gasteiger partial charge >= 0.3 is 12.0 Å². The lowest BCUT2D eigenvalue weighted by Crippen LogP contribution is -2.57. The summed E-state index contributed by atoms with van der Waals surface area (Å²) >= 11 is 0. The highest BCUT2D eigenvalue weighted by molar-refractivity contribution is 6.07. The van der Waals surface area contributed by atoms with Crippen molar-refractivity contribution < 1.29 is 23.9 Å². The van der Waals surface area contributed by atoms with Crippen LogP contribution < -0.4 is 15.2 Å². The Hall–Kier alpha value is -3.89. The first-order valence-corrected chi connectivity index (χ1v) is 12.6. The Balaban J connectivity index is 1.64. The number of aromatic nitrogens is 2. The largest absolute Gasteiger partial charge is 0.481 e. The van der Waals surface area contributed by atoms with Gasteiger partial charge in [0.05, 0.1) is 6.61 Å². The van der Waals surface area contributed by atoms with E-state index in [0.29, 0.717) is 39.0 Å². The highest BCUT2D eigenvalue weighted by atomic mass is 16.5. The van der Waals surface area contributed by atoms with Gasteiger partial charge in [0.25, 0.3) is 11.5 Å². The normalized spacial score (nSPS) is 17.0. The number of urea groups is 1. The van der Waals surface area contributed by atoms with Crippen LogP contribution in [0.4, 0.5) is 10.7 Å². The zero-order chi connectivity index (χ0) is 26.7. The summed E-state index contributed by atoms with van der Waals surface area (Å²) in [7, 11) is 1.57. The molecule has 0 aliphatic carbocycles. The van der Waals surface area contributed by atoms with Crippen molar-refractivity contribution in [2.75, 3.05) is 37.7 Å². The number of likely N-dealkylation sites (N-methyl/N-ethyl adjacent to an activating group) is 2. The van der Waals surface area contributed by atoms with Crippen LogP contribution in [0.15, 0.2) is 35.1 Å². The Morgan fingerprint density at radius 1 is 1.03 bits per heavy atom. The van der Waals surface area contributed by atoms with Crippen molar-refractivity contribution in [1.82, 2.24) is 19.4 Å². The van der Waals surface area contributed by atoms with Gasteiger partial charge in [-0.3, -0.25) is 19.1 Å². The second-order valence-corrected chi connectivity index (χ2v) is 9.04. The van der Waals surface area contributed by atoms with E-state index in [2.05, 4.69) is 4.98 Å². The van der Waals surface area contributed by atoms with E-state index in [0.717, 1.165) is 5.56 Å². The van der Waals surface area contributed by atoms with Gasteiger partial charge < -0.3 is 19.3 Å². The number of carbonyl (C=O) groups is 3. The number of imide groups is 1. The fourth-order valence-corrected chi connectivity index (χ4v) is 5.11. The lowest BCUT2D eigenvalue weighted by Gasteiger charge is -2.42. The van der Waals surface area contributed by atoms with E-state index in [1.54, 1.807) is 25.8 Å². The van der Waals surface area contributed by atoms with E-state index in [-0.39, 0.29) is 42.5 Å². The molecule has 3 heterocycles. The molecule has 2 aliphatic heterocycles. The maximum atomic E-state index is 13.4. The molecule has 0 radical (unpaired) electrons. The zero-order valence-corrected chi connectivity index (χ0v) is 21.7. The van der Waals surface area contributed by atoms with Gasteiger partial charge in [0, 0.05) is 33.2 Å². The van der Waals surface area contributed by atoms with Crippen LogP contribution in [0.2, 0.25) is 0 Å². The molecule has 0 bridgehead atoms. The minimum Gasteiger partial charge on any atom is -0.481 e. The summed E-state index contributed by atoms with van der Waals surface area (Å²) in [5, 5.41) is 0. The van der Waals surface area contributed by atoms with Crippen LogP contribution >= 0.6 is 0 Å². The average Bonchev–Trinajstić information content (AvgIpc) is 3.10. The van der Waals surface area contributed by atoms with E-state index in [1.165, 1.54) is 9.47 Å². The van der Waals surface area contributed by atoms with Gasteiger partial charge in [-0.1, -0.05) is 30.3 Å². The number of hydrogen-bond donors (Lipinski definition) is 0. The maximum absolute atomic E-state index is 13.4. The van der Waals surface area contributed by atoms with E-state index in [4.69, 9.17) is 9.47 Å². The Morgan fingerprint density at radius 2 is 1.70 bits per heavy atom. The smallest absolute Gasteiger partial charge is 0.361 e. The lowest BCUT2D eigenvalue weighted by molar-refractivity contribution is -0.134. The van der Waals surface area contributed by atoms with Crippen LogP contribution in [0, 0.1) is 0 Å². The van der Waals surface area contributed by atoms with Gasteiger partial charge in [-0.25, -0.2) is 14.6 Å². The molecule has 2 aliphatic rings. The van der Waals surface area contributed by atoms with Crippen LogP contribution in [0.25, 0.3) is 0 Å². The fraction of sp³-hybridized carbons (Fsp3) is 0.500. The molecule has 3 amide bonds. The minimum atomic E-state index is -0.903. The van der Waals surface area contributed by atoms with Gasteiger partial charge in [-0.05, 0) is 39.2 Å². The molecule has 198 valence electrons. The Kier molecular flexibility index (Phi) is 7.51. The third kappa shape index (κ3) is 4.54. The van der Waals surface area contributed by atoms with Crippen LogP contribution in [-0.4, -0.2) is 75.6 Å².